The molecule has 0 aromatic heterocycles. The summed E-state index contributed by atoms with van der Waals surface area (Å²) in [4.78, 5) is 13.8. The van der Waals surface area contributed by atoms with Gasteiger partial charge >= 0.3 is 5.97 Å². The Kier molecular flexibility index (Phi) is 3.34. The molecule has 0 unspecified atom stereocenters. The van der Waals surface area contributed by atoms with Crippen LogP contribution in [0.5, 0.6) is 0 Å². The second kappa shape index (κ2) is 4.52. The van der Waals surface area contributed by atoms with Gasteiger partial charge in [-0.05, 0) is 18.4 Å². The molecule has 0 amide bonds. The van der Waals surface area contributed by atoms with Crippen molar-refractivity contribution in [1.29, 1.82) is 0 Å². The fraction of sp³-hybridized carbons (Fsp3) is 0.625. The molecule has 0 saturated heterocycles. The zero-order chi connectivity index (χ0) is 9.68. The zero-order valence-electron chi connectivity index (χ0n) is 7.38. The smallest absolute Gasteiger partial charge is 0.308 e. The van der Waals surface area contributed by atoms with Crippen LogP contribution in [0.4, 0.5) is 0 Å². The Hall–Kier alpha value is -1.48. The average molecular weight is 181 g/mol. The summed E-state index contributed by atoms with van der Waals surface area (Å²) in [5.74, 6) is -0.395. The summed E-state index contributed by atoms with van der Waals surface area (Å²) in [5.41, 5.74) is 8.21. The Balaban J connectivity index is 2.60. The van der Waals surface area contributed by atoms with Gasteiger partial charge in [0.05, 0.1) is 19.1 Å². The summed E-state index contributed by atoms with van der Waals surface area (Å²) in [5, 5.41) is 3.54. The lowest BCUT2D eigenvalue weighted by atomic mass is 9.91. The summed E-state index contributed by atoms with van der Waals surface area (Å²) in [7, 11) is 1.36. The van der Waals surface area contributed by atoms with Crippen molar-refractivity contribution in [2.75, 3.05) is 7.11 Å². The number of azide groups is 1. The topological polar surface area (TPSA) is 75.1 Å². The highest BCUT2D eigenvalue weighted by Gasteiger charge is 2.23. The first-order chi connectivity index (χ1) is 6.27. The minimum Gasteiger partial charge on any atom is -0.469 e. The molecule has 0 bridgehead atoms. The first-order valence-corrected chi connectivity index (χ1v) is 4.06. The van der Waals surface area contributed by atoms with Gasteiger partial charge in [-0.3, -0.25) is 4.79 Å². The van der Waals surface area contributed by atoms with E-state index in [9.17, 15) is 4.79 Å². The number of hydrogen-bond acceptors (Lipinski definition) is 3. The van der Waals surface area contributed by atoms with E-state index in [1.807, 2.05) is 12.2 Å². The summed E-state index contributed by atoms with van der Waals surface area (Å²) in [6.07, 6.45) is 4.89. The predicted molar refractivity (Wildman–Crippen MR) is 46.8 cm³/mol. The molecule has 1 rings (SSSR count). The van der Waals surface area contributed by atoms with Crippen molar-refractivity contribution in [3.8, 4) is 0 Å². The minimum atomic E-state index is -0.234. The van der Waals surface area contributed by atoms with Gasteiger partial charge in [0, 0.05) is 4.91 Å². The van der Waals surface area contributed by atoms with Crippen LogP contribution >= 0.6 is 0 Å². The molecule has 5 heteroatoms. The Morgan fingerprint density at radius 2 is 2.54 bits per heavy atom. The number of esters is 1. The molecule has 13 heavy (non-hydrogen) atoms. The van der Waals surface area contributed by atoms with E-state index in [2.05, 4.69) is 14.8 Å². The number of ether oxygens (including phenoxy) is 1. The number of hydrogen-bond donors (Lipinski definition) is 0. The number of allylic oxidation sites excluding steroid dienone is 1. The monoisotopic (exact) mass is 181 g/mol. The van der Waals surface area contributed by atoms with Gasteiger partial charge in [-0.2, -0.15) is 0 Å². The number of rotatable bonds is 2. The van der Waals surface area contributed by atoms with Crippen molar-refractivity contribution in [1.82, 2.24) is 0 Å². The van der Waals surface area contributed by atoms with Crippen LogP contribution in [-0.2, 0) is 9.53 Å². The van der Waals surface area contributed by atoms with Crippen LogP contribution in [0.2, 0.25) is 0 Å². The van der Waals surface area contributed by atoms with Gasteiger partial charge in [0.15, 0.2) is 0 Å². The van der Waals surface area contributed by atoms with Crippen LogP contribution in [0, 0.1) is 5.92 Å². The van der Waals surface area contributed by atoms with Gasteiger partial charge in [-0.25, -0.2) is 0 Å². The molecule has 70 valence electrons. The molecule has 0 N–H and O–H groups in total. The van der Waals surface area contributed by atoms with Crippen LogP contribution in [0.25, 0.3) is 10.4 Å². The lowest BCUT2D eigenvalue weighted by Gasteiger charge is -2.19. The normalized spacial score (nSPS) is 26.2. The first-order valence-electron chi connectivity index (χ1n) is 4.06. The average Bonchev–Trinajstić information content (AvgIpc) is 2.18. The van der Waals surface area contributed by atoms with Crippen molar-refractivity contribution >= 4 is 5.97 Å². The third-order valence-electron chi connectivity index (χ3n) is 2.04. The maximum absolute atomic E-state index is 11.1. The van der Waals surface area contributed by atoms with E-state index in [0.29, 0.717) is 12.8 Å². The summed E-state index contributed by atoms with van der Waals surface area (Å²) < 4.78 is 4.61. The van der Waals surface area contributed by atoms with Crippen LogP contribution in [-0.4, -0.2) is 19.1 Å². The number of carbonyl (C=O) groups is 1. The van der Waals surface area contributed by atoms with E-state index in [4.69, 9.17) is 5.53 Å². The Bertz CT molecular complexity index is 269. The van der Waals surface area contributed by atoms with Crippen molar-refractivity contribution in [3.63, 3.8) is 0 Å². The minimum absolute atomic E-state index is 0.162. The summed E-state index contributed by atoms with van der Waals surface area (Å²) in [6.45, 7) is 0. The van der Waals surface area contributed by atoms with E-state index in [0.717, 1.165) is 0 Å². The molecule has 0 aliphatic heterocycles. The molecular formula is C8H11N3O2. The predicted octanol–water partition coefficient (Wildman–Crippen LogP) is 1.80. The second-order valence-electron chi connectivity index (χ2n) is 2.89. The number of carbonyl (C=O) groups excluding carboxylic acids is 1. The molecule has 5 nitrogen and oxygen atoms in total. The molecule has 2 atom stereocenters. The van der Waals surface area contributed by atoms with Gasteiger partial charge < -0.3 is 4.74 Å². The summed E-state index contributed by atoms with van der Waals surface area (Å²) in [6, 6.07) is -0.206. The van der Waals surface area contributed by atoms with Crippen LogP contribution in [0.3, 0.4) is 0 Å². The molecular weight excluding hydrogens is 170 g/mol. The molecule has 0 saturated carbocycles. The highest BCUT2D eigenvalue weighted by molar-refractivity contribution is 5.72. The van der Waals surface area contributed by atoms with Crippen LogP contribution in [0.15, 0.2) is 17.3 Å². The van der Waals surface area contributed by atoms with Crippen molar-refractivity contribution in [3.05, 3.63) is 22.6 Å². The lowest BCUT2D eigenvalue weighted by molar-refractivity contribution is -0.145. The SMILES string of the molecule is COC(=O)[C@H]1CC=C[C@H](N=[N+]=[N-])C1. The number of nitrogens with zero attached hydrogens (tertiary/aromatic N) is 3. The molecule has 0 aromatic carbocycles. The van der Waals surface area contributed by atoms with Gasteiger partial charge in [0.1, 0.15) is 0 Å². The Morgan fingerprint density at radius 3 is 3.15 bits per heavy atom. The van der Waals surface area contributed by atoms with E-state index >= 15 is 0 Å². The Labute approximate surface area is 76.0 Å². The van der Waals surface area contributed by atoms with E-state index in [1.54, 1.807) is 0 Å². The largest absolute Gasteiger partial charge is 0.469 e. The van der Waals surface area contributed by atoms with Gasteiger partial charge in [0.25, 0.3) is 0 Å². The molecule has 0 spiro atoms. The van der Waals surface area contributed by atoms with Gasteiger partial charge in [0.2, 0.25) is 0 Å². The second-order valence-corrected chi connectivity index (χ2v) is 2.89. The van der Waals surface area contributed by atoms with Crippen molar-refractivity contribution in [2.45, 2.75) is 18.9 Å². The van der Waals surface area contributed by atoms with Gasteiger partial charge in [-0.15, -0.1) is 0 Å². The number of methoxy groups -OCH3 is 1. The molecule has 1 aliphatic carbocycles. The van der Waals surface area contributed by atoms with Gasteiger partial charge in [-0.1, -0.05) is 17.3 Å². The van der Waals surface area contributed by atoms with Crippen LogP contribution < -0.4 is 0 Å². The zero-order valence-corrected chi connectivity index (χ0v) is 7.38. The van der Waals surface area contributed by atoms with Crippen molar-refractivity contribution < 1.29 is 9.53 Å². The molecule has 0 aromatic rings. The van der Waals surface area contributed by atoms with Crippen molar-refractivity contribution in [2.24, 2.45) is 11.0 Å². The third-order valence-corrected chi connectivity index (χ3v) is 2.04. The molecule has 0 radical (unpaired) electrons. The Morgan fingerprint density at radius 1 is 1.77 bits per heavy atom. The van der Waals surface area contributed by atoms with E-state index < -0.39 is 0 Å². The fourth-order valence-corrected chi connectivity index (χ4v) is 1.38. The summed E-state index contributed by atoms with van der Waals surface area (Å²) >= 11 is 0. The van der Waals surface area contributed by atoms with E-state index in [1.165, 1.54) is 7.11 Å². The van der Waals surface area contributed by atoms with E-state index in [-0.39, 0.29) is 17.9 Å². The highest BCUT2D eigenvalue weighted by Crippen LogP contribution is 2.21. The maximum Gasteiger partial charge on any atom is 0.308 e. The maximum atomic E-state index is 11.1. The fourth-order valence-electron chi connectivity index (χ4n) is 1.38. The molecule has 0 fully saturated rings. The van der Waals surface area contributed by atoms with Crippen LogP contribution in [0.1, 0.15) is 12.8 Å². The molecule has 1 aliphatic rings. The quantitative estimate of drug-likeness (QED) is 0.214. The third kappa shape index (κ3) is 2.49. The first kappa shape index (κ1) is 9.61. The highest BCUT2D eigenvalue weighted by atomic mass is 16.5. The lowest BCUT2D eigenvalue weighted by Crippen LogP contribution is -2.22. The molecule has 0 heterocycles. The standard InChI is InChI=1S/C8H11N3O2/c1-13-8(12)6-3-2-4-7(5-6)10-11-9/h2,4,6-7H,3,5H2,1H3/t6-,7-/m0/s1.